The first-order valence-electron chi connectivity index (χ1n) is 13.3. The van der Waals surface area contributed by atoms with Crippen molar-refractivity contribution in [1.29, 1.82) is 0 Å². The van der Waals surface area contributed by atoms with Gasteiger partial charge in [0.1, 0.15) is 6.61 Å². The van der Waals surface area contributed by atoms with Gasteiger partial charge in [0, 0.05) is 10.9 Å². The van der Waals surface area contributed by atoms with E-state index in [1.165, 1.54) is 10.5 Å². The molecule has 0 aromatic heterocycles. The van der Waals surface area contributed by atoms with Crippen molar-refractivity contribution in [1.82, 2.24) is 5.43 Å². The Hall–Kier alpha value is -5.15. The fourth-order valence-corrected chi connectivity index (χ4v) is 6.60. The fourth-order valence-electron chi connectivity index (χ4n) is 4.90. The molecule has 0 aliphatic carbocycles. The number of benzene rings is 5. The summed E-state index contributed by atoms with van der Waals surface area (Å²) in [6.45, 7) is 0.570. The number of hydrogen-bond donors (Lipinski definition) is 1. The van der Waals surface area contributed by atoms with E-state index in [1.54, 1.807) is 55.6 Å². The van der Waals surface area contributed by atoms with Gasteiger partial charge in [-0.1, -0.05) is 66.7 Å². The van der Waals surface area contributed by atoms with E-state index in [0.717, 1.165) is 27.5 Å². The normalized spacial score (nSPS) is 13.4. The number of nitrogens with one attached hydrogen (secondary N) is 1. The van der Waals surface area contributed by atoms with E-state index in [9.17, 15) is 13.2 Å². The third-order valence-electron chi connectivity index (χ3n) is 7.03. The van der Waals surface area contributed by atoms with Crippen LogP contribution in [0.15, 0.2) is 119 Å². The van der Waals surface area contributed by atoms with E-state index < -0.39 is 15.9 Å². The predicted molar refractivity (Wildman–Crippen MR) is 163 cm³/mol. The lowest BCUT2D eigenvalue weighted by Crippen LogP contribution is -2.26. The zero-order chi connectivity index (χ0) is 29.1. The Morgan fingerprint density at radius 3 is 2.38 bits per heavy atom. The van der Waals surface area contributed by atoms with Gasteiger partial charge in [-0.25, -0.2) is 13.8 Å². The van der Waals surface area contributed by atoms with Crippen LogP contribution in [0.5, 0.6) is 11.5 Å². The molecule has 1 amide bonds. The summed E-state index contributed by atoms with van der Waals surface area (Å²) in [5.74, 6) is 0.764. The van der Waals surface area contributed by atoms with Crippen molar-refractivity contribution >= 4 is 38.6 Å². The second-order valence-corrected chi connectivity index (χ2v) is 11.6. The van der Waals surface area contributed by atoms with Gasteiger partial charge in [-0.3, -0.25) is 9.10 Å². The summed E-state index contributed by atoms with van der Waals surface area (Å²) in [5, 5.41) is 5.70. The molecule has 5 aromatic rings. The Morgan fingerprint density at radius 2 is 1.62 bits per heavy atom. The predicted octanol–water partition coefficient (Wildman–Crippen LogP) is 5.90. The number of carbonyl (C=O) groups excluding carboxylic acids is 1. The maximum Gasteiger partial charge on any atom is 0.271 e. The second kappa shape index (κ2) is 11.4. The zero-order valence-electron chi connectivity index (χ0n) is 22.7. The minimum absolute atomic E-state index is 0.156. The first-order valence-corrected chi connectivity index (χ1v) is 14.7. The van der Waals surface area contributed by atoms with Gasteiger partial charge in [0.15, 0.2) is 11.5 Å². The molecule has 1 aliphatic heterocycles. The quantitative estimate of drug-likeness (QED) is 0.174. The minimum Gasteiger partial charge on any atom is -0.493 e. The summed E-state index contributed by atoms with van der Waals surface area (Å²) in [6.07, 6.45) is 1.52. The SMILES string of the molecule is COc1cc(/C=N\NC(=O)c2ccc(CN3c4cccc5cccc(c45)S3(=O)=O)cc2)ccc1OCc1ccccc1. The zero-order valence-corrected chi connectivity index (χ0v) is 23.5. The Bertz CT molecular complexity index is 1900. The molecule has 0 fully saturated rings. The number of amides is 1. The van der Waals surface area contributed by atoms with Crippen molar-refractivity contribution < 1.29 is 22.7 Å². The Kier molecular flexibility index (Phi) is 7.33. The third-order valence-corrected chi connectivity index (χ3v) is 8.83. The maximum atomic E-state index is 13.3. The number of hydrogen-bond acceptors (Lipinski definition) is 6. The second-order valence-electron chi connectivity index (χ2n) is 9.72. The molecule has 0 saturated heterocycles. The van der Waals surface area contributed by atoms with E-state index in [1.807, 2.05) is 60.7 Å². The summed E-state index contributed by atoms with van der Waals surface area (Å²) in [7, 11) is -2.10. The molecule has 0 saturated carbocycles. The third kappa shape index (κ3) is 5.29. The number of hydrazone groups is 1. The average Bonchev–Trinajstić information content (AvgIpc) is 3.24. The molecule has 0 bridgehead atoms. The largest absolute Gasteiger partial charge is 0.493 e. The minimum atomic E-state index is -3.67. The lowest BCUT2D eigenvalue weighted by Gasteiger charge is -2.19. The summed E-state index contributed by atoms with van der Waals surface area (Å²) in [5.41, 5.74) is 6.11. The lowest BCUT2D eigenvalue weighted by molar-refractivity contribution is 0.0955. The molecule has 6 rings (SSSR count). The Balaban J connectivity index is 1.09. The van der Waals surface area contributed by atoms with Gasteiger partial charge < -0.3 is 9.47 Å². The lowest BCUT2D eigenvalue weighted by atomic mass is 10.1. The Labute approximate surface area is 243 Å². The van der Waals surface area contributed by atoms with E-state index >= 15 is 0 Å². The van der Waals surface area contributed by atoms with Gasteiger partial charge in [0.2, 0.25) is 0 Å². The van der Waals surface area contributed by atoms with Crippen LogP contribution in [0, 0.1) is 0 Å². The van der Waals surface area contributed by atoms with Crippen LogP contribution in [0.4, 0.5) is 5.69 Å². The number of carbonyl (C=O) groups is 1. The molecule has 5 aromatic carbocycles. The van der Waals surface area contributed by atoms with Crippen LogP contribution in [0.2, 0.25) is 0 Å². The molecule has 42 heavy (non-hydrogen) atoms. The number of methoxy groups -OCH3 is 1. The summed E-state index contributed by atoms with van der Waals surface area (Å²) < 4.78 is 39.3. The first-order chi connectivity index (χ1) is 20.4. The Morgan fingerprint density at radius 1 is 0.857 bits per heavy atom. The summed E-state index contributed by atoms with van der Waals surface area (Å²) >= 11 is 0. The van der Waals surface area contributed by atoms with Crippen LogP contribution in [0.1, 0.15) is 27.0 Å². The topological polar surface area (TPSA) is 97.3 Å². The monoisotopic (exact) mass is 577 g/mol. The highest BCUT2D eigenvalue weighted by Gasteiger charge is 2.35. The van der Waals surface area contributed by atoms with Crippen molar-refractivity contribution in [3.05, 3.63) is 131 Å². The van der Waals surface area contributed by atoms with Crippen LogP contribution < -0.4 is 19.2 Å². The van der Waals surface area contributed by atoms with Crippen LogP contribution >= 0.6 is 0 Å². The molecule has 9 heteroatoms. The van der Waals surface area contributed by atoms with Gasteiger partial charge in [-0.05, 0) is 64.5 Å². The van der Waals surface area contributed by atoms with Crippen LogP contribution in [-0.4, -0.2) is 27.6 Å². The average molecular weight is 578 g/mol. The number of anilines is 1. The number of sulfonamides is 1. The van der Waals surface area contributed by atoms with Crippen LogP contribution in [0.3, 0.4) is 0 Å². The van der Waals surface area contributed by atoms with E-state index in [0.29, 0.717) is 34.3 Å². The number of nitrogens with zero attached hydrogens (tertiary/aromatic N) is 2. The molecule has 0 spiro atoms. The number of ether oxygens (including phenoxy) is 2. The molecule has 8 nitrogen and oxygen atoms in total. The van der Waals surface area contributed by atoms with E-state index in [4.69, 9.17) is 9.47 Å². The molecule has 0 atom stereocenters. The molecule has 0 unspecified atom stereocenters. The van der Waals surface area contributed by atoms with Crippen molar-refractivity contribution in [3.8, 4) is 11.5 Å². The summed E-state index contributed by atoms with van der Waals surface area (Å²) in [6, 6.07) is 32.9. The molecule has 0 radical (unpaired) electrons. The van der Waals surface area contributed by atoms with Crippen LogP contribution in [0.25, 0.3) is 10.8 Å². The summed E-state index contributed by atoms with van der Waals surface area (Å²) in [4.78, 5) is 13.0. The van der Waals surface area contributed by atoms with Gasteiger partial charge >= 0.3 is 0 Å². The number of rotatable bonds is 9. The highest BCUT2D eigenvalue weighted by molar-refractivity contribution is 7.93. The van der Waals surface area contributed by atoms with Crippen molar-refractivity contribution in [2.45, 2.75) is 18.0 Å². The van der Waals surface area contributed by atoms with E-state index in [-0.39, 0.29) is 6.54 Å². The molecule has 1 aliphatic rings. The highest BCUT2D eigenvalue weighted by Crippen LogP contribution is 2.42. The van der Waals surface area contributed by atoms with Crippen LogP contribution in [-0.2, 0) is 23.2 Å². The van der Waals surface area contributed by atoms with E-state index in [2.05, 4.69) is 10.5 Å². The highest BCUT2D eigenvalue weighted by atomic mass is 32.2. The smallest absolute Gasteiger partial charge is 0.271 e. The fraction of sp³-hybridized carbons (Fsp3) is 0.0909. The van der Waals surface area contributed by atoms with Gasteiger partial charge in [0.05, 0.1) is 30.5 Å². The molecular formula is C33H27N3O5S. The van der Waals surface area contributed by atoms with Crippen molar-refractivity contribution in [2.24, 2.45) is 5.10 Å². The van der Waals surface area contributed by atoms with Crippen molar-refractivity contribution in [2.75, 3.05) is 11.4 Å². The molecule has 1 N–H and O–H groups in total. The molecule has 210 valence electrons. The van der Waals surface area contributed by atoms with Crippen molar-refractivity contribution in [3.63, 3.8) is 0 Å². The molecule has 1 heterocycles. The maximum absolute atomic E-state index is 13.3. The molecular weight excluding hydrogens is 550 g/mol. The van der Waals surface area contributed by atoms with Gasteiger partial charge in [0.25, 0.3) is 15.9 Å². The standard InChI is InChI=1S/C33H27N3O5S/c1-40-30-19-25(15-18-29(30)41-22-24-7-3-2-4-8-24)20-34-35-33(37)27-16-13-23(14-17-27)21-36-28-11-5-9-26-10-6-12-31(32(26)28)42(36,38)39/h2-20H,21-22H2,1H3,(H,35,37)/b34-20-. The first kappa shape index (κ1) is 27.0. The van der Waals surface area contributed by atoms with Gasteiger partial charge in [-0.15, -0.1) is 0 Å². The van der Waals surface area contributed by atoms with Gasteiger partial charge in [-0.2, -0.15) is 5.10 Å².